The van der Waals surface area contributed by atoms with Crippen LogP contribution in [-0.2, 0) is 10.6 Å². The van der Waals surface area contributed by atoms with Crippen molar-refractivity contribution in [2.24, 2.45) is 0 Å². The van der Waals surface area contributed by atoms with Crippen LogP contribution in [0.5, 0.6) is 0 Å². The van der Waals surface area contributed by atoms with E-state index in [4.69, 9.17) is 27.9 Å². The lowest BCUT2D eigenvalue weighted by molar-refractivity contribution is 0.0340. The molecule has 3 nitrogen and oxygen atoms in total. The highest BCUT2D eigenvalue weighted by Crippen LogP contribution is 2.25. The fraction of sp³-hybridized carbons (Fsp3) is 0.583. The molecule has 1 aromatic heterocycles. The average molecular weight is 275 g/mol. The number of anilines is 1. The molecule has 1 aromatic rings. The van der Waals surface area contributed by atoms with Crippen molar-refractivity contribution >= 4 is 29.0 Å². The van der Waals surface area contributed by atoms with Gasteiger partial charge in [-0.2, -0.15) is 0 Å². The lowest BCUT2D eigenvalue weighted by atomic mass is 10.2. The molecule has 2 unspecified atom stereocenters. The molecule has 0 N–H and O–H groups in total. The van der Waals surface area contributed by atoms with Gasteiger partial charge in [-0.05, 0) is 25.5 Å². The summed E-state index contributed by atoms with van der Waals surface area (Å²) in [6.07, 6.45) is 1.89. The minimum atomic E-state index is 0.225. The Morgan fingerprint density at radius 1 is 1.53 bits per heavy atom. The van der Waals surface area contributed by atoms with E-state index in [9.17, 15) is 0 Å². The summed E-state index contributed by atoms with van der Waals surface area (Å²) in [7, 11) is 0. The van der Waals surface area contributed by atoms with E-state index in [0.717, 1.165) is 24.5 Å². The Kier molecular flexibility index (Phi) is 4.13. The van der Waals surface area contributed by atoms with Gasteiger partial charge in [-0.3, -0.25) is 0 Å². The molecule has 0 radical (unpaired) electrons. The second-order valence-corrected chi connectivity index (χ2v) is 5.09. The van der Waals surface area contributed by atoms with E-state index in [-0.39, 0.29) is 6.10 Å². The summed E-state index contributed by atoms with van der Waals surface area (Å²) < 4.78 is 5.60. The maximum Gasteiger partial charge on any atom is 0.129 e. The number of aromatic nitrogens is 1. The maximum absolute atomic E-state index is 6.01. The molecule has 0 spiro atoms. The lowest BCUT2D eigenvalue weighted by Gasteiger charge is -2.37. The number of pyridine rings is 1. The van der Waals surface area contributed by atoms with E-state index in [2.05, 4.69) is 23.7 Å². The molecule has 0 bridgehead atoms. The van der Waals surface area contributed by atoms with Gasteiger partial charge < -0.3 is 9.64 Å². The second kappa shape index (κ2) is 5.42. The smallest absolute Gasteiger partial charge is 0.129 e. The van der Waals surface area contributed by atoms with Gasteiger partial charge in [-0.15, -0.1) is 11.6 Å². The molecule has 1 aliphatic rings. The van der Waals surface area contributed by atoms with Crippen LogP contribution in [0.3, 0.4) is 0 Å². The number of ether oxygens (including phenoxy) is 1. The summed E-state index contributed by atoms with van der Waals surface area (Å²) >= 11 is 11.9. The third-order valence-corrected chi connectivity index (χ3v) is 3.59. The van der Waals surface area contributed by atoms with E-state index in [1.807, 2.05) is 6.07 Å². The van der Waals surface area contributed by atoms with Gasteiger partial charge in [-0.25, -0.2) is 4.98 Å². The Labute approximate surface area is 112 Å². The molecule has 0 aliphatic carbocycles. The summed E-state index contributed by atoms with van der Waals surface area (Å²) in [4.78, 5) is 6.61. The number of halogens is 2. The first-order chi connectivity index (χ1) is 8.11. The normalized spacial score (nSPS) is 25.1. The van der Waals surface area contributed by atoms with Crippen molar-refractivity contribution in [3.05, 3.63) is 22.8 Å². The quantitative estimate of drug-likeness (QED) is 0.775. The van der Waals surface area contributed by atoms with E-state index in [1.54, 1.807) is 6.20 Å². The first-order valence-corrected chi connectivity index (χ1v) is 6.61. The van der Waals surface area contributed by atoms with Crippen LogP contribution in [0.1, 0.15) is 19.4 Å². The highest BCUT2D eigenvalue weighted by Gasteiger charge is 2.24. The van der Waals surface area contributed by atoms with Gasteiger partial charge >= 0.3 is 0 Å². The first kappa shape index (κ1) is 12.9. The number of hydrogen-bond donors (Lipinski definition) is 0. The van der Waals surface area contributed by atoms with Crippen molar-refractivity contribution in [1.82, 2.24) is 4.98 Å². The molecule has 5 heteroatoms. The minimum absolute atomic E-state index is 0.225. The molecule has 94 valence electrons. The molecule has 17 heavy (non-hydrogen) atoms. The second-order valence-electron chi connectivity index (χ2n) is 4.41. The number of hydrogen-bond acceptors (Lipinski definition) is 3. The Morgan fingerprint density at radius 2 is 2.29 bits per heavy atom. The van der Waals surface area contributed by atoms with Gasteiger partial charge in [0.2, 0.25) is 0 Å². The van der Waals surface area contributed by atoms with Gasteiger partial charge in [-0.1, -0.05) is 11.6 Å². The van der Waals surface area contributed by atoms with Crippen molar-refractivity contribution in [2.75, 3.05) is 18.1 Å². The van der Waals surface area contributed by atoms with Crippen LogP contribution in [0.25, 0.3) is 0 Å². The van der Waals surface area contributed by atoms with Crippen molar-refractivity contribution in [3.63, 3.8) is 0 Å². The van der Waals surface area contributed by atoms with E-state index < -0.39 is 0 Å². The van der Waals surface area contributed by atoms with E-state index in [0.29, 0.717) is 16.9 Å². The van der Waals surface area contributed by atoms with E-state index in [1.165, 1.54) is 0 Å². The molecule has 2 heterocycles. The molecule has 2 atom stereocenters. The number of morpholine rings is 1. The largest absolute Gasteiger partial charge is 0.375 e. The monoisotopic (exact) mass is 274 g/mol. The van der Waals surface area contributed by atoms with Gasteiger partial charge in [0.05, 0.1) is 23.8 Å². The molecule has 1 saturated heterocycles. The Hall–Kier alpha value is -0.510. The SMILES string of the molecule is CC1CN(c2cc(CCl)c(Cl)cn2)C(C)CO1. The maximum atomic E-state index is 6.01. The summed E-state index contributed by atoms with van der Waals surface area (Å²) in [6, 6.07) is 2.28. The number of rotatable bonds is 2. The van der Waals surface area contributed by atoms with Crippen molar-refractivity contribution in [1.29, 1.82) is 0 Å². The number of alkyl halides is 1. The lowest BCUT2D eigenvalue weighted by Crippen LogP contribution is -2.47. The third kappa shape index (κ3) is 2.84. The molecular weight excluding hydrogens is 259 g/mol. The topological polar surface area (TPSA) is 25.4 Å². The number of nitrogens with zero attached hydrogens (tertiary/aromatic N) is 2. The molecule has 1 fully saturated rings. The molecule has 2 rings (SSSR count). The average Bonchev–Trinajstić information content (AvgIpc) is 2.33. The van der Waals surface area contributed by atoms with Crippen LogP contribution in [0.4, 0.5) is 5.82 Å². The van der Waals surface area contributed by atoms with Crippen LogP contribution >= 0.6 is 23.2 Å². The summed E-state index contributed by atoms with van der Waals surface area (Å²) in [5.74, 6) is 1.33. The van der Waals surface area contributed by atoms with Crippen LogP contribution in [0.2, 0.25) is 5.02 Å². The molecule has 0 aromatic carbocycles. The van der Waals surface area contributed by atoms with Gasteiger partial charge in [0, 0.05) is 18.6 Å². The van der Waals surface area contributed by atoms with Crippen molar-refractivity contribution < 1.29 is 4.74 Å². The predicted molar refractivity (Wildman–Crippen MR) is 71.0 cm³/mol. The Morgan fingerprint density at radius 3 is 3.00 bits per heavy atom. The van der Waals surface area contributed by atoms with Gasteiger partial charge in [0.15, 0.2) is 0 Å². The summed E-state index contributed by atoms with van der Waals surface area (Å²) in [6.45, 7) is 5.76. The van der Waals surface area contributed by atoms with Crippen LogP contribution < -0.4 is 4.90 Å². The van der Waals surface area contributed by atoms with Gasteiger partial charge in [0.1, 0.15) is 5.82 Å². The Balaban J connectivity index is 2.26. The summed E-state index contributed by atoms with van der Waals surface area (Å²) in [5, 5.41) is 0.623. The van der Waals surface area contributed by atoms with Crippen LogP contribution in [0, 0.1) is 0 Å². The molecule has 1 aliphatic heterocycles. The van der Waals surface area contributed by atoms with Gasteiger partial charge in [0.25, 0.3) is 0 Å². The minimum Gasteiger partial charge on any atom is -0.375 e. The molecule has 0 saturated carbocycles. The predicted octanol–water partition coefficient (Wildman–Crippen LogP) is 3.09. The molecular formula is C12H16Cl2N2O. The van der Waals surface area contributed by atoms with Crippen molar-refractivity contribution in [3.8, 4) is 0 Å². The zero-order chi connectivity index (χ0) is 12.4. The highest BCUT2D eigenvalue weighted by atomic mass is 35.5. The van der Waals surface area contributed by atoms with E-state index >= 15 is 0 Å². The molecule has 0 amide bonds. The third-order valence-electron chi connectivity index (χ3n) is 2.97. The first-order valence-electron chi connectivity index (χ1n) is 5.70. The van der Waals surface area contributed by atoms with Crippen LogP contribution in [-0.4, -0.2) is 30.3 Å². The fourth-order valence-electron chi connectivity index (χ4n) is 1.95. The Bertz CT molecular complexity index is 400. The standard InChI is InChI=1S/C12H16Cl2N2O/c1-8-7-17-9(2)6-16(8)12-3-10(4-13)11(14)5-15-12/h3,5,8-9H,4,6-7H2,1-2H3. The fourth-order valence-corrected chi connectivity index (χ4v) is 2.41. The summed E-state index contributed by atoms with van der Waals surface area (Å²) in [5.41, 5.74) is 0.921. The van der Waals surface area contributed by atoms with Crippen LogP contribution in [0.15, 0.2) is 12.3 Å². The van der Waals surface area contributed by atoms with Crippen molar-refractivity contribution in [2.45, 2.75) is 31.9 Å². The highest BCUT2D eigenvalue weighted by molar-refractivity contribution is 6.32. The zero-order valence-electron chi connectivity index (χ0n) is 9.99. The zero-order valence-corrected chi connectivity index (χ0v) is 11.5.